The number of nitrogens with one attached hydrogen (secondary N) is 2. The molecule has 6 atom stereocenters. The Kier molecular flexibility index (Phi) is 12.8. The van der Waals surface area contributed by atoms with Crippen LogP contribution in [0.3, 0.4) is 0 Å². The van der Waals surface area contributed by atoms with E-state index in [0.29, 0.717) is 0 Å². The molecule has 2 N–H and O–H groups in total. The number of carbonyl (C=O) groups excluding carboxylic acids is 7. The zero-order valence-corrected chi connectivity index (χ0v) is 23.6. The van der Waals surface area contributed by atoms with Crippen molar-refractivity contribution in [3.05, 3.63) is 0 Å². The highest BCUT2D eigenvalue weighted by atomic mass is 16.8. The third-order valence-corrected chi connectivity index (χ3v) is 4.73. The Morgan fingerprint density at radius 2 is 1.30 bits per heavy atom. The van der Waals surface area contributed by atoms with Crippen LogP contribution in [0.2, 0.25) is 0 Å². The third kappa shape index (κ3) is 12.3. The van der Waals surface area contributed by atoms with Crippen LogP contribution in [0.1, 0.15) is 55.4 Å². The fourth-order valence-electron chi connectivity index (χ4n) is 3.36. The molecule has 1 rings (SSSR count). The first kappa shape index (κ1) is 34.1. The standard InChI is InChI=1S/C24H36N2O14/c1-11(21(32)25-9-17(31)40-24(6,7)8)26-23(33)39-22-20(37-15(5)30)19(36-14(4)29)18(35-13(3)28)16(38-22)10-34-12(2)27/h11,16,18-20,22H,9-10H2,1-8H3,(H,25,32)(H,26,33)/t11-,16+,18+,19-,20+,22?/m0/s1. The van der Waals surface area contributed by atoms with Crippen molar-refractivity contribution in [2.24, 2.45) is 0 Å². The Bertz CT molecular complexity index is 975. The minimum Gasteiger partial charge on any atom is -0.463 e. The van der Waals surface area contributed by atoms with Crippen molar-refractivity contribution < 1.29 is 66.7 Å². The van der Waals surface area contributed by atoms with Crippen LogP contribution >= 0.6 is 0 Å². The fraction of sp³-hybridized carbons (Fsp3) is 0.708. The summed E-state index contributed by atoms with van der Waals surface area (Å²) in [7, 11) is 0. The van der Waals surface area contributed by atoms with Gasteiger partial charge in [-0.2, -0.15) is 0 Å². The van der Waals surface area contributed by atoms with Gasteiger partial charge in [-0.1, -0.05) is 0 Å². The summed E-state index contributed by atoms with van der Waals surface area (Å²) < 4.78 is 36.5. The molecule has 0 aromatic carbocycles. The summed E-state index contributed by atoms with van der Waals surface area (Å²) in [6.07, 6.45) is -8.98. The predicted octanol–water partition coefficient (Wildman–Crippen LogP) is -0.358. The Hall–Kier alpha value is -3.95. The lowest BCUT2D eigenvalue weighted by Gasteiger charge is -2.43. The van der Waals surface area contributed by atoms with Crippen molar-refractivity contribution in [1.29, 1.82) is 0 Å². The third-order valence-electron chi connectivity index (χ3n) is 4.73. The van der Waals surface area contributed by atoms with Gasteiger partial charge in [0.1, 0.15) is 30.9 Å². The minimum absolute atomic E-state index is 0.461. The smallest absolute Gasteiger partial charge is 0.410 e. The molecule has 226 valence electrons. The zero-order valence-electron chi connectivity index (χ0n) is 23.6. The summed E-state index contributed by atoms with van der Waals surface area (Å²) in [5.41, 5.74) is -0.764. The Morgan fingerprint density at radius 3 is 1.80 bits per heavy atom. The van der Waals surface area contributed by atoms with Gasteiger partial charge in [-0.25, -0.2) is 4.79 Å². The summed E-state index contributed by atoms with van der Waals surface area (Å²) in [5, 5.41) is 4.51. The molecular weight excluding hydrogens is 540 g/mol. The normalized spacial score (nSPS) is 22.9. The van der Waals surface area contributed by atoms with E-state index < -0.39 is 97.3 Å². The van der Waals surface area contributed by atoms with Crippen LogP contribution in [-0.4, -0.2) is 97.3 Å². The number of rotatable bonds is 10. The van der Waals surface area contributed by atoms with Crippen LogP contribution in [0, 0.1) is 0 Å². The van der Waals surface area contributed by atoms with Crippen LogP contribution in [0.4, 0.5) is 4.79 Å². The lowest BCUT2D eigenvalue weighted by molar-refractivity contribution is -0.294. The maximum Gasteiger partial charge on any atom is 0.410 e. The molecule has 16 heteroatoms. The first-order chi connectivity index (χ1) is 18.4. The number of hydrogen-bond donors (Lipinski definition) is 2. The highest BCUT2D eigenvalue weighted by molar-refractivity contribution is 5.88. The molecule has 0 spiro atoms. The van der Waals surface area contributed by atoms with Gasteiger partial charge in [0, 0.05) is 27.7 Å². The van der Waals surface area contributed by atoms with E-state index in [-0.39, 0.29) is 0 Å². The molecule has 1 fully saturated rings. The molecule has 0 bridgehead atoms. The van der Waals surface area contributed by atoms with Gasteiger partial charge < -0.3 is 43.8 Å². The van der Waals surface area contributed by atoms with E-state index >= 15 is 0 Å². The quantitative estimate of drug-likeness (QED) is 0.252. The van der Waals surface area contributed by atoms with Gasteiger partial charge in [0.05, 0.1) is 0 Å². The number of amides is 2. The van der Waals surface area contributed by atoms with Gasteiger partial charge in [-0.05, 0) is 27.7 Å². The van der Waals surface area contributed by atoms with Gasteiger partial charge in [0.2, 0.25) is 18.3 Å². The van der Waals surface area contributed by atoms with E-state index in [0.717, 1.165) is 27.7 Å². The van der Waals surface area contributed by atoms with E-state index in [9.17, 15) is 33.6 Å². The van der Waals surface area contributed by atoms with Crippen LogP contribution in [-0.2, 0) is 61.9 Å². The summed E-state index contributed by atoms with van der Waals surface area (Å²) in [4.78, 5) is 83.6. The highest BCUT2D eigenvalue weighted by Crippen LogP contribution is 2.30. The first-order valence-corrected chi connectivity index (χ1v) is 12.2. The number of hydrogen-bond acceptors (Lipinski definition) is 14. The van der Waals surface area contributed by atoms with Crippen molar-refractivity contribution in [3.8, 4) is 0 Å². The maximum atomic E-state index is 12.6. The molecule has 0 aliphatic carbocycles. The Labute approximate surface area is 230 Å². The molecule has 2 amide bonds. The second-order valence-corrected chi connectivity index (χ2v) is 9.64. The Morgan fingerprint density at radius 1 is 0.775 bits per heavy atom. The second kappa shape index (κ2) is 15.0. The maximum absolute atomic E-state index is 12.6. The van der Waals surface area contributed by atoms with Crippen LogP contribution in [0.15, 0.2) is 0 Å². The van der Waals surface area contributed by atoms with E-state index in [1.807, 2.05) is 0 Å². The van der Waals surface area contributed by atoms with E-state index in [1.165, 1.54) is 6.92 Å². The number of esters is 5. The summed E-state index contributed by atoms with van der Waals surface area (Å²) >= 11 is 0. The molecule has 1 aliphatic heterocycles. The average Bonchev–Trinajstić information content (AvgIpc) is 2.77. The van der Waals surface area contributed by atoms with Gasteiger partial charge in [0.25, 0.3) is 0 Å². The topological polar surface area (TPSA) is 208 Å². The van der Waals surface area contributed by atoms with Crippen molar-refractivity contribution in [2.75, 3.05) is 13.2 Å². The summed E-state index contributed by atoms with van der Waals surface area (Å²) in [6, 6.07) is -1.22. The molecule has 40 heavy (non-hydrogen) atoms. The van der Waals surface area contributed by atoms with Gasteiger partial charge in [-0.15, -0.1) is 0 Å². The summed E-state index contributed by atoms with van der Waals surface area (Å²) in [5.74, 6) is -4.78. The van der Waals surface area contributed by atoms with Crippen LogP contribution < -0.4 is 10.6 Å². The predicted molar refractivity (Wildman–Crippen MR) is 130 cm³/mol. The molecule has 1 unspecified atom stereocenters. The molecule has 1 heterocycles. The zero-order chi connectivity index (χ0) is 30.8. The molecule has 16 nitrogen and oxygen atoms in total. The lowest BCUT2D eigenvalue weighted by Crippen LogP contribution is -2.63. The minimum atomic E-state index is -1.78. The molecule has 0 aromatic rings. The monoisotopic (exact) mass is 576 g/mol. The first-order valence-electron chi connectivity index (χ1n) is 12.2. The molecule has 0 aromatic heterocycles. The van der Waals surface area contributed by atoms with Crippen LogP contribution in [0.25, 0.3) is 0 Å². The van der Waals surface area contributed by atoms with Crippen molar-refractivity contribution in [2.45, 2.75) is 97.7 Å². The van der Waals surface area contributed by atoms with Crippen molar-refractivity contribution in [3.63, 3.8) is 0 Å². The number of carbonyl (C=O) groups is 7. The number of ether oxygens (including phenoxy) is 7. The molecule has 1 aliphatic rings. The molecule has 0 saturated carbocycles. The Balaban J connectivity index is 3.09. The number of alkyl carbamates (subject to hydrolysis) is 1. The second-order valence-electron chi connectivity index (χ2n) is 9.64. The van der Waals surface area contributed by atoms with Crippen LogP contribution in [0.5, 0.6) is 0 Å². The van der Waals surface area contributed by atoms with Gasteiger partial charge in [0.15, 0.2) is 12.2 Å². The SMILES string of the molecule is CC(=O)OC[C@H]1OC(OC(=O)N[C@@H](C)C(=O)NCC(=O)OC(C)(C)C)[C@H](OC(C)=O)[C@@H](OC(C)=O)[C@@H]1OC(C)=O. The van der Waals surface area contributed by atoms with E-state index in [4.69, 9.17) is 33.2 Å². The van der Waals surface area contributed by atoms with Crippen molar-refractivity contribution >= 4 is 41.8 Å². The largest absolute Gasteiger partial charge is 0.463 e. The van der Waals surface area contributed by atoms with E-state index in [2.05, 4.69) is 10.6 Å². The average molecular weight is 577 g/mol. The molecular formula is C24H36N2O14. The lowest BCUT2D eigenvalue weighted by atomic mass is 9.98. The van der Waals surface area contributed by atoms with E-state index in [1.54, 1.807) is 20.8 Å². The molecule has 0 radical (unpaired) electrons. The fourth-order valence-corrected chi connectivity index (χ4v) is 3.36. The molecule has 1 saturated heterocycles. The van der Waals surface area contributed by atoms with Gasteiger partial charge >= 0.3 is 35.9 Å². The highest BCUT2D eigenvalue weighted by Gasteiger charge is 2.53. The van der Waals surface area contributed by atoms with Gasteiger partial charge in [-0.3, -0.25) is 28.8 Å². The van der Waals surface area contributed by atoms with Crippen molar-refractivity contribution in [1.82, 2.24) is 10.6 Å². The summed E-state index contributed by atoms with van der Waals surface area (Å²) in [6.45, 7) is 9.48.